The molecule has 2 saturated heterocycles. The second-order valence-corrected chi connectivity index (χ2v) is 9.29. The largest absolute Gasteiger partial charge is 0.368 e. The zero-order chi connectivity index (χ0) is 17.7. The lowest BCUT2D eigenvalue weighted by Gasteiger charge is -2.48. The van der Waals surface area contributed by atoms with Crippen LogP contribution in [0.3, 0.4) is 0 Å². The van der Waals surface area contributed by atoms with Gasteiger partial charge in [0.25, 0.3) is 0 Å². The van der Waals surface area contributed by atoms with E-state index in [2.05, 4.69) is 16.8 Å². The Balaban J connectivity index is 1.56. The predicted octanol–water partition coefficient (Wildman–Crippen LogP) is 3.13. The van der Waals surface area contributed by atoms with Gasteiger partial charge >= 0.3 is 0 Å². The number of hydrogen-bond acceptors (Lipinski definition) is 5. The van der Waals surface area contributed by atoms with Gasteiger partial charge in [-0.3, -0.25) is 0 Å². The number of piperidine rings is 2. The van der Waals surface area contributed by atoms with Gasteiger partial charge in [-0.2, -0.15) is 4.98 Å². The van der Waals surface area contributed by atoms with Gasteiger partial charge in [0.15, 0.2) is 0 Å². The Morgan fingerprint density at radius 3 is 2.65 bits per heavy atom. The lowest BCUT2D eigenvalue weighted by atomic mass is 9.71. The number of anilines is 2. The van der Waals surface area contributed by atoms with Crippen LogP contribution in [-0.4, -0.2) is 47.6 Å². The quantitative estimate of drug-likeness (QED) is 0.839. The van der Waals surface area contributed by atoms with Crippen LogP contribution in [0.15, 0.2) is 0 Å². The van der Waals surface area contributed by atoms with Gasteiger partial charge in [0.05, 0.1) is 5.69 Å². The molecule has 26 heavy (non-hydrogen) atoms. The van der Waals surface area contributed by atoms with E-state index in [-0.39, 0.29) is 0 Å². The molecule has 0 aromatic carbocycles. The van der Waals surface area contributed by atoms with Crippen molar-refractivity contribution in [2.45, 2.75) is 75.7 Å². The second kappa shape index (κ2) is 6.36. The molecule has 0 radical (unpaired) electrons. The van der Waals surface area contributed by atoms with Crippen molar-refractivity contribution in [3.05, 3.63) is 11.3 Å². The molecule has 0 bridgehead atoms. The predicted molar refractivity (Wildman–Crippen MR) is 106 cm³/mol. The van der Waals surface area contributed by atoms with E-state index in [0.717, 1.165) is 18.9 Å². The van der Waals surface area contributed by atoms with E-state index in [1.54, 1.807) is 0 Å². The van der Waals surface area contributed by atoms with Crippen LogP contribution in [0.5, 0.6) is 0 Å². The summed E-state index contributed by atoms with van der Waals surface area (Å²) in [5.74, 6) is 2.48. The van der Waals surface area contributed by atoms with Gasteiger partial charge in [-0.05, 0) is 70.9 Å². The zero-order valence-electron chi connectivity index (χ0n) is 16.2. The first-order valence-electron chi connectivity index (χ1n) is 10.8. The van der Waals surface area contributed by atoms with Crippen LogP contribution in [-0.2, 0) is 11.8 Å². The number of likely N-dealkylation sites (tertiary alicyclic amines) is 1. The van der Waals surface area contributed by atoms with Crippen molar-refractivity contribution in [3.63, 3.8) is 0 Å². The molecule has 2 atom stereocenters. The third-order valence-corrected chi connectivity index (χ3v) is 7.69. The summed E-state index contributed by atoms with van der Waals surface area (Å²) < 4.78 is 0. The van der Waals surface area contributed by atoms with Crippen LogP contribution in [0.2, 0.25) is 0 Å². The van der Waals surface area contributed by atoms with Crippen LogP contribution in [0, 0.1) is 5.92 Å². The number of rotatable bonds is 1. The van der Waals surface area contributed by atoms with Crippen LogP contribution >= 0.6 is 0 Å². The average Bonchev–Trinajstić information content (AvgIpc) is 3.10. The highest BCUT2D eigenvalue weighted by molar-refractivity contribution is 5.56. The molecule has 2 aliphatic heterocycles. The van der Waals surface area contributed by atoms with Crippen LogP contribution in [0.4, 0.5) is 11.8 Å². The summed E-state index contributed by atoms with van der Waals surface area (Å²) in [5.41, 5.74) is 9.36. The summed E-state index contributed by atoms with van der Waals surface area (Å²) in [7, 11) is 2.27. The fourth-order valence-electron chi connectivity index (χ4n) is 6.50. The fourth-order valence-corrected chi connectivity index (χ4v) is 6.50. The van der Waals surface area contributed by atoms with Crippen molar-refractivity contribution in [1.29, 1.82) is 0 Å². The molecule has 1 aromatic heterocycles. The summed E-state index contributed by atoms with van der Waals surface area (Å²) in [4.78, 5) is 14.9. The second-order valence-electron chi connectivity index (χ2n) is 9.29. The summed E-state index contributed by atoms with van der Waals surface area (Å²) in [6.07, 6.45) is 12.9. The molecule has 2 N–H and O–H groups in total. The normalized spacial score (nSPS) is 31.0. The molecule has 1 spiro atoms. The van der Waals surface area contributed by atoms with Gasteiger partial charge in [0.1, 0.15) is 5.82 Å². The highest BCUT2D eigenvalue weighted by atomic mass is 15.3. The lowest BCUT2D eigenvalue weighted by Crippen LogP contribution is -2.54. The number of aromatic nitrogens is 2. The Morgan fingerprint density at radius 1 is 1.00 bits per heavy atom. The van der Waals surface area contributed by atoms with E-state index < -0.39 is 0 Å². The Kier molecular flexibility index (Phi) is 4.11. The number of nitrogens with zero attached hydrogens (tertiary/aromatic N) is 4. The fraction of sp³-hybridized carbons (Fsp3) is 0.810. The summed E-state index contributed by atoms with van der Waals surface area (Å²) >= 11 is 0. The minimum atomic E-state index is 0.307. The maximum Gasteiger partial charge on any atom is 0.222 e. The van der Waals surface area contributed by atoms with E-state index >= 15 is 0 Å². The molecular formula is C21H33N5. The summed E-state index contributed by atoms with van der Waals surface area (Å²) in [6, 6.07) is 0.639. The smallest absolute Gasteiger partial charge is 0.222 e. The van der Waals surface area contributed by atoms with E-state index in [1.165, 1.54) is 88.0 Å². The maximum atomic E-state index is 6.27. The third-order valence-electron chi connectivity index (χ3n) is 7.69. The van der Waals surface area contributed by atoms with E-state index in [4.69, 9.17) is 15.7 Å². The highest BCUT2D eigenvalue weighted by Gasteiger charge is 2.43. The average molecular weight is 356 g/mol. The topological polar surface area (TPSA) is 58.3 Å². The lowest BCUT2D eigenvalue weighted by molar-refractivity contribution is 0.154. The molecule has 4 aliphatic rings. The summed E-state index contributed by atoms with van der Waals surface area (Å²) in [5, 5.41) is 0. The molecule has 1 saturated carbocycles. The molecule has 3 fully saturated rings. The first kappa shape index (κ1) is 16.8. The summed E-state index contributed by atoms with van der Waals surface area (Å²) in [6.45, 7) is 3.57. The van der Waals surface area contributed by atoms with Crippen molar-refractivity contribution in [3.8, 4) is 0 Å². The third kappa shape index (κ3) is 2.62. The number of fused-ring (bicyclic) bond motifs is 3. The Hall–Kier alpha value is -1.36. The van der Waals surface area contributed by atoms with Crippen LogP contribution in [0.25, 0.3) is 0 Å². The van der Waals surface area contributed by atoms with Gasteiger partial charge in [-0.25, -0.2) is 4.98 Å². The molecule has 1 aromatic rings. The minimum absolute atomic E-state index is 0.307. The zero-order valence-corrected chi connectivity index (χ0v) is 16.2. The standard InChI is InChI=1S/C21H33N5/c1-25-13-8-17-15(14-25)6-5-12-26(17)19-16-7-4-11-21(9-2-3-10-21)18(16)23-20(22)24-19/h15,17H,2-14H2,1H3,(H2,22,23,24). The molecule has 5 rings (SSSR count). The number of hydrogen-bond donors (Lipinski definition) is 1. The van der Waals surface area contributed by atoms with Gasteiger partial charge in [-0.15, -0.1) is 0 Å². The number of nitrogen functional groups attached to an aromatic ring is 1. The highest BCUT2D eigenvalue weighted by Crippen LogP contribution is 2.50. The van der Waals surface area contributed by atoms with E-state index in [1.807, 2.05) is 0 Å². The van der Waals surface area contributed by atoms with E-state index in [0.29, 0.717) is 17.4 Å². The van der Waals surface area contributed by atoms with Gasteiger partial charge < -0.3 is 15.5 Å². The molecule has 0 amide bonds. The van der Waals surface area contributed by atoms with Crippen molar-refractivity contribution in [1.82, 2.24) is 14.9 Å². The van der Waals surface area contributed by atoms with Crippen LogP contribution < -0.4 is 10.6 Å². The molecule has 2 unspecified atom stereocenters. The van der Waals surface area contributed by atoms with Gasteiger partial charge in [0.2, 0.25) is 5.95 Å². The van der Waals surface area contributed by atoms with E-state index in [9.17, 15) is 0 Å². The Labute approximate surface area is 157 Å². The first-order valence-corrected chi connectivity index (χ1v) is 10.8. The molecule has 3 heterocycles. The Morgan fingerprint density at radius 2 is 1.81 bits per heavy atom. The van der Waals surface area contributed by atoms with Crippen molar-refractivity contribution in [2.24, 2.45) is 5.92 Å². The molecule has 5 nitrogen and oxygen atoms in total. The van der Waals surface area contributed by atoms with Crippen LogP contribution in [0.1, 0.15) is 69.0 Å². The minimum Gasteiger partial charge on any atom is -0.368 e. The maximum absolute atomic E-state index is 6.27. The van der Waals surface area contributed by atoms with Crippen molar-refractivity contribution >= 4 is 11.8 Å². The monoisotopic (exact) mass is 355 g/mol. The first-order chi connectivity index (χ1) is 12.7. The van der Waals surface area contributed by atoms with Crippen molar-refractivity contribution < 1.29 is 0 Å². The molecule has 2 aliphatic carbocycles. The van der Waals surface area contributed by atoms with Gasteiger partial charge in [-0.1, -0.05) is 12.8 Å². The molecule has 142 valence electrons. The molecular weight excluding hydrogens is 322 g/mol. The number of nitrogens with two attached hydrogens (primary N) is 1. The van der Waals surface area contributed by atoms with Gasteiger partial charge in [0, 0.05) is 30.1 Å². The Bertz CT molecular complexity index is 681. The van der Waals surface area contributed by atoms with Crippen molar-refractivity contribution in [2.75, 3.05) is 37.3 Å². The molecule has 5 heteroatoms. The SMILES string of the molecule is CN1CCC2C(CCCN2c2nc(N)nc3c2CCCC32CCCC2)C1.